The normalized spacial score (nSPS) is 17.1. The van der Waals surface area contributed by atoms with E-state index in [1.165, 1.54) is 24.8 Å². The summed E-state index contributed by atoms with van der Waals surface area (Å²) in [5.41, 5.74) is 5.12. The zero-order chi connectivity index (χ0) is 18.4. The van der Waals surface area contributed by atoms with Gasteiger partial charge in [-0.05, 0) is 48.6 Å². The van der Waals surface area contributed by atoms with Gasteiger partial charge in [0.15, 0.2) is 0 Å². The predicted octanol–water partition coefficient (Wildman–Crippen LogP) is 3.95. The Bertz CT molecular complexity index is 1020. The molecule has 2 aromatic heterocycles. The minimum absolute atomic E-state index is 0.171. The van der Waals surface area contributed by atoms with Crippen LogP contribution in [0.25, 0.3) is 11.0 Å². The molecule has 1 saturated carbocycles. The van der Waals surface area contributed by atoms with Gasteiger partial charge in [-0.1, -0.05) is 19.3 Å². The van der Waals surface area contributed by atoms with Crippen molar-refractivity contribution in [3.8, 4) is 0 Å². The summed E-state index contributed by atoms with van der Waals surface area (Å²) in [6.45, 7) is 0. The van der Waals surface area contributed by atoms with Gasteiger partial charge in [0.1, 0.15) is 5.65 Å². The molecule has 0 saturated heterocycles. The Morgan fingerprint density at radius 2 is 2.11 bits per heavy atom. The van der Waals surface area contributed by atoms with Crippen LogP contribution in [0.3, 0.4) is 0 Å². The molecule has 1 aliphatic heterocycles. The van der Waals surface area contributed by atoms with E-state index in [9.17, 15) is 4.79 Å². The van der Waals surface area contributed by atoms with Crippen molar-refractivity contribution in [3.05, 3.63) is 41.7 Å². The number of anilines is 3. The van der Waals surface area contributed by atoms with Crippen LogP contribution in [0.4, 0.5) is 17.3 Å². The van der Waals surface area contributed by atoms with Gasteiger partial charge in [-0.25, -0.2) is 4.98 Å². The number of H-pyrrole nitrogens is 1. The molecule has 1 fully saturated rings. The zero-order valence-corrected chi connectivity index (χ0v) is 15.5. The van der Waals surface area contributed by atoms with Crippen molar-refractivity contribution in [2.24, 2.45) is 5.92 Å². The van der Waals surface area contributed by atoms with E-state index in [-0.39, 0.29) is 5.91 Å². The number of fused-ring (bicyclic) bond motifs is 2. The average Bonchev–Trinajstić information content (AvgIpc) is 3.10. The molecule has 5 rings (SSSR count). The van der Waals surface area contributed by atoms with Crippen molar-refractivity contribution in [1.82, 2.24) is 15.0 Å². The highest BCUT2D eigenvalue weighted by molar-refractivity contribution is 5.96. The van der Waals surface area contributed by atoms with E-state index in [2.05, 4.69) is 27.4 Å². The fraction of sp³-hybridized carbons (Fsp3) is 0.381. The van der Waals surface area contributed by atoms with Gasteiger partial charge < -0.3 is 15.2 Å². The highest BCUT2D eigenvalue weighted by Gasteiger charge is 2.22. The maximum absolute atomic E-state index is 11.9. The summed E-state index contributed by atoms with van der Waals surface area (Å²) in [5, 5.41) is 4.49. The second-order valence-electron chi connectivity index (χ2n) is 7.66. The van der Waals surface area contributed by atoms with Crippen LogP contribution in [0.2, 0.25) is 0 Å². The molecule has 1 aromatic carbocycles. The topological polar surface area (TPSA) is 73.9 Å². The van der Waals surface area contributed by atoms with Crippen LogP contribution in [-0.4, -0.2) is 27.9 Å². The SMILES string of the molecule is CN1C(=O)CCc2cc(Nc3nc(CC4CCC4)c4cc[nH]c4n3)ccc21. The summed E-state index contributed by atoms with van der Waals surface area (Å²) in [6.07, 6.45) is 8.22. The largest absolute Gasteiger partial charge is 0.346 e. The van der Waals surface area contributed by atoms with Gasteiger partial charge in [0.05, 0.1) is 5.69 Å². The van der Waals surface area contributed by atoms with Gasteiger partial charge in [-0.3, -0.25) is 4.79 Å². The minimum atomic E-state index is 0.171. The number of nitrogens with zero attached hydrogens (tertiary/aromatic N) is 3. The maximum atomic E-state index is 11.9. The third kappa shape index (κ3) is 2.95. The molecule has 27 heavy (non-hydrogen) atoms. The second kappa shape index (κ2) is 6.37. The van der Waals surface area contributed by atoms with Gasteiger partial charge in [0.25, 0.3) is 0 Å². The molecular weight excluding hydrogens is 338 g/mol. The first-order valence-corrected chi connectivity index (χ1v) is 9.68. The first-order valence-electron chi connectivity index (χ1n) is 9.68. The molecule has 0 atom stereocenters. The maximum Gasteiger partial charge on any atom is 0.229 e. The van der Waals surface area contributed by atoms with E-state index in [4.69, 9.17) is 4.98 Å². The summed E-state index contributed by atoms with van der Waals surface area (Å²) in [7, 11) is 1.84. The molecule has 138 valence electrons. The standard InChI is InChI=1S/C21H23N5O/c1-26-18-7-6-15(12-14(18)5-8-19(26)27)23-21-24-17(11-13-3-2-4-13)16-9-10-22-20(16)25-21/h6-7,9-10,12-13H,2-5,8,11H2,1H3,(H2,22,23,24,25). The summed E-state index contributed by atoms with van der Waals surface area (Å²) < 4.78 is 0. The van der Waals surface area contributed by atoms with Crippen molar-refractivity contribution in [2.45, 2.75) is 38.5 Å². The Labute approximate surface area is 158 Å². The first-order chi connectivity index (χ1) is 13.2. The average molecular weight is 361 g/mol. The molecule has 2 N–H and O–H groups in total. The minimum Gasteiger partial charge on any atom is -0.346 e. The number of aryl methyl sites for hydroxylation is 1. The number of hydrogen-bond donors (Lipinski definition) is 2. The third-order valence-corrected chi connectivity index (χ3v) is 5.88. The highest BCUT2D eigenvalue weighted by Crippen LogP contribution is 2.33. The Hall–Kier alpha value is -2.89. The van der Waals surface area contributed by atoms with Gasteiger partial charge in [-0.15, -0.1) is 0 Å². The van der Waals surface area contributed by atoms with Crippen LogP contribution < -0.4 is 10.2 Å². The predicted molar refractivity (Wildman–Crippen MR) is 106 cm³/mol. The molecule has 3 aromatic rings. The van der Waals surface area contributed by atoms with Crippen LogP contribution >= 0.6 is 0 Å². The Morgan fingerprint density at radius 1 is 1.22 bits per heavy atom. The number of carbonyl (C=O) groups excluding carboxylic acids is 1. The van der Waals surface area contributed by atoms with E-state index < -0.39 is 0 Å². The van der Waals surface area contributed by atoms with E-state index in [0.717, 1.165) is 46.9 Å². The number of amides is 1. The lowest BCUT2D eigenvalue weighted by molar-refractivity contribution is -0.118. The van der Waals surface area contributed by atoms with Crippen LogP contribution in [0.5, 0.6) is 0 Å². The number of carbonyl (C=O) groups is 1. The lowest BCUT2D eigenvalue weighted by Crippen LogP contribution is -2.31. The van der Waals surface area contributed by atoms with Crippen molar-refractivity contribution >= 4 is 34.3 Å². The van der Waals surface area contributed by atoms with Gasteiger partial charge >= 0.3 is 0 Å². The molecule has 1 aliphatic carbocycles. The quantitative estimate of drug-likeness (QED) is 0.738. The fourth-order valence-corrected chi connectivity index (χ4v) is 4.05. The first kappa shape index (κ1) is 16.3. The number of rotatable bonds is 4. The smallest absolute Gasteiger partial charge is 0.229 e. The van der Waals surface area contributed by atoms with E-state index >= 15 is 0 Å². The molecule has 6 nitrogen and oxygen atoms in total. The molecule has 0 bridgehead atoms. The number of aromatic amines is 1. The molecule has 0 spiro atoms. The summed E-state index contributed by atoms with van der Waals surface area (Å²) in [5.74, 6) is 1.55. The van der Waals surface area contributed by atoms with Crippen LogP contribution in [0, 0.1) is 5.92 Å². The molecule has 6 heteroatoms. The number of nitrogens with one attached hydrogen (secondary N) is 2. The Balaban J connectivity index is 1.45. The molecule has 0 unspecified atom stereocenters. The number of benzene rings is 1. The number of hydrogen-bond acceptors (Lipinski definition) is 4. The molecule has 0 radical (unpaired) electrons. The van der Waals surface area contributed by atoms with E-state index in [1.807, 2.05) is 25.4 Å². The van der Waals surface area contributed by atoms with Gasteiger partial charge in [-0.2, -0.15) is 4.98 Å². The summed E-state index contributed by atoms with van der Waals surface area (Å²) >= 11 is 0. The monoisotopic (exact) mass is 361 g/mol. The summed E-state index contributed by atoms with van der Waals surface area (Å²) in [6, 6.07) is 8.16. The molecule has 2 aliphatic rings. The van der Waals surface area contributed by atoms with Crippen molar-refractivity contribution in [1.29, 1.82) is 0 Å². The van der Waals surface area contributed by atoms with Crippen molar-refractivity contribution in [3.63, 3.8) is 0 Å². The van der Waals surface area contributed by atoms with Crippen molar-refractivity contribution < 1.29 is 4.79 Å². The van der Waals surface area contributed by atoms with Gasteiger partial charge in [0.2, 0.25) is 11.9 Å². The van der Waals surface area contributed by atoms with E-state index in [0.29, 0.717) is 12.4 Å². The van der Waals surface area contributed by atoms with Gasteiger partial charge in [0, 0.05) is 36.4 Å². The van der Waals surface area contributed by atoms with E-state index in [1.54, 1.807) is 4.90 Å². The Morgan fingerprint density at radius 3 is 2.93 bits per heavy atom. The fourth-order valence-electron chi connectivity index (χ4n) is 4.05. The van der Waals surface area contributed by atoms with Crippen LogP contribution in [-0.2, 0) is 17.6 Å². The van der Waals surface area contributed by atoms with Crippen LogP contribution in [0.1, 0.15) is 36.9 Å². The Kier molecular flexibility index (Phi) is 3.85. The zero-order valence-electron chi connectivity index (χ0n) is 15.5. The molecular formula is C21H23N5O. The number of aromatic nitrogens is 3. The molecule has 1 amide bonds. The molecule has 3 heterocycles. The second-order valence-corrected chi connectivity index (χ2v) is 7.66. The third-order valence-electron chi connectivity index (χ3n) is 5.88. The highest BCUT2D eigenvalue weighted by atomic mass is 16.2. The van der Waals surface area contributed by atoms with Crippen molar-refractivity contribution in [2.75, 3.05) is 17.3 Å². The lowest BCUT2D eigenvalue weighted by Gasteiger charge is -2.26. The van der Waals surface area contributed by atoms with Crippen LogP contribution in [0.15, 0.2) is 30.5 Å². The summed E-state index contributed by atoms with van der Waals surface area (Å²) in [4.78, 5) is 26.3. The lowest BCUT2D eigenvalue weighted by atomic mass is 9.82.